The lowest BCUT2D eigenvalue weighted by molar-refractivity contribution is -0.235. The Morgan fingerprint density at radius 2 is 2.21 bits per heavy atom. The van der Waals surface area contributed by atoms with E-state index in [1.54, 1.807) is 0 Å². The minimum atomic E-state index is -3.26. The number of carbonyl (C=O) groups excluding carboxylic acids is 1. The molecule has 4 nitrogen and oxygen atoms in total. The summed E-state index contributed by atoms with van der Waals surface area (Å²) in [6.07, 6.45) is -4.33. The predicted molar refractivity (Wildman–Crippen MR) is 51.9 cm³/mol. The third kappa shape index (κ3) is 8.57. The number of aliphatic hydroxyl groups is 1. The highest BCUT2D eigenvalue weighted by atomic mass is 127. The van der Waals surface area contributed by atoms with Gasteiger partial charge in [0.25, 0.3) is 0 Å². The molecule has 7 heteroatoms. The summed E-state index contributed by atoms with van der Waals surface area (Å²) >= 11 is 1.41. The number of hydrogen-bond acceptors (Lipinski definition) is 4. The number of rotatable bonds is 6. The van der Waals surface area contributed by atoms with Crippen molar-refractivity contribution in [3.05, 3.63) is 0 Å². The summed E-state index contributed by atoms with van der Waals surface area (Å²) in [6, 6.07) is 0. The third-order valence-corrected chi connectivity index (χ3v) is 1.79. The fourth-order valence-corrected chi connectivity index (χ4v) is 0.869. The fourth-order valence-electron chi connectivity index (χ4n) is 0.649. The van der Waals surface area contributed by atoms with E-state index in [2.05, 4.69) is 7.80 Å². The maximum absolute atomic E-state index is 12.1. The molecule has 0 saturated heterocycles. The van der Waals surface area contributed by atoms with Crippen LogP contribution in [0.5, 0.6) is 0 Å². The van der Waals surface area contributed by atoms with Crippen molar-refractivity contribution >= 4 is 29.0 Å². The molecular formula is C7H11F2IO4. The molecule has 14 heavy (non-hydrogen) atoms. The van der Waals surface area contributed by atoms with Crippen molar-refractivity contribution in [2.24, 2.45) is 0 Å². The second-order valence-electron chi connectivity index (χ2n) is 2.76. The Morgan fingerprint density at radius 1 is 1.64 bits per heavy atom. The van der Waals surface area contributed by atoms with E-state index in [9.17, 15) is 13.6 Å². The highest BCUT2D eigenvalue weighted by Crippen LogP contribution is 2.14. The van der Waals surface area contributed by atoms with Crippen LogP contribution in [0.3, 0.4) is 0 Å². The molecule has 0 bridgehead atoms. The number of ether oxygens (including phenoxy) is 1. The second kappa shape index (κ2) is 6.46. The van der Waals surface area contributed by atoms with Gasteiger partial charge in [-0.15, -0.1) is 0 Å². The van der Waals surface area contributed by atoms with Gasteiger partial charge in [-0.2, -0.15) is 8.78 Å². The molecule has 0 heterocycles. The predicted octanol–water partition coefficient (Wildman–Crippen LogP) is 1.65. The van der Waals surface area contributed by atoms with Crippen LogP contribution in [0.25, 0.3) is 0 Å². The van der Waals surface area contributed by atoms with Gasteiger partial charge in [0.2, 0.25) is 0 Å². The van der Waals surface area contributed by atoms with Gasteiger partial charge in [-0.25, -0.2) is 0 Å². The average molecular weight is 324 g/mol. The normalized spacial score (nSPS) is 13.8. The van der Waals surface area contributed by atoms with Crippen LogP contribution in [0.4, 0.5) is 8.78 Å². The van der Waals surface area contributed by atoms with Gasteiger partial charge in [-0.1, -0.05) is 0 Å². The molecule has 0 aromatic heterocycles. The van der Waals surface area contributed by atoms with E-state index in [1.807, 2.05) is 0 Å². The third-order valence-electron chi connectivity index (χ3n) is 1.30. The molecule has 0 aromatic carbocycles. The fraction of sp³-hybridized carbons (Fsp3) is 0.857. The van der Waals surface area contributed by atoms with Crippen LogP contribution < -0.4 is 0 Å². The SMILES string of the molecule is CC(F)(F)OCC(O)CCC(=O)OI. The molecule has 84 valence electrons. The van der Waals surface area contributed by atoms with Gasteiger partial charge >= 0.3 is 12.1 Å². The lowest BCUT2D eigenvalue weighted by Gasteiger charge is -2.14. The lowest BCUT2D eigenvalue weighted by atomic mass is 10.2. The van der Waals surface area contributed by atoms with Crippen molar-refractivity contribution in [3.8, 4) is 0 Å². The van der Waals surface area contributed by atoms with Crippen LogP contribution in [0.15, 0.2) is 0 Å². The summed E-state index contributed by atoms with van der Waals surface area (Å²) in [7, 11) is 0. The van der Waals surface area contributed by atoms with Crippen LogP contribution in [-0.2, 0) is 12.6 Å². The van der Waals surface area contributed by atoms with Crippen molar-refractivity contribution in [2.45, 2.75) is 32.0 Å². The smallest absolute Gasteiger partial charge is 0.353 e. The summed E-state index contributed by atoms with van der Waals surface area (Å²) in [6.45, 7) is 0.0802. The van der Waals surface area contributed by atoms with Crippen LogP contribution >= 0.6 is 23.0 Å². The highest BCUT2D eigenvalue weighted by Gasteiger charge is 2.23. The number of alkyl halides is 2. The number of hydrogen-bond donors (Lipinski definition) is 1. The first-order chi connectivity index (χ1) is 6.35. The van der Waals surface area contributed by atoms with Gasteiger partial charge in [0.15, 0.2) is 23.0 Å². The van der Waals surface area contributed by atoms with E-state index in [1.165, 1.54) is 23.0 Å². The Balaban J connectivity index is 3.56. The van der Waals surface area contributed by atoms with Crippen LogP contribution in [0, 0.1) is 0 Å². The van der Waals surface area contributed by atoms with E-state index in [0.29, 0.717) is 6.92 Å². The van der Waals surface area contributed by atoms with E-state index in [4.69, 9.17) is 5.11 Å². The molecule has 0 aliphatic heterocycles. The standard InChI is InChI=1S/C7H11F2IO4/c1-7(8,9)13-4-5(11)2-3-6(12)14-10/h5,11H,2-4H2,1H3. The van der Waals surface area contributed by atoms with Crippen molar-refractivity contribution in [1.29, 1.82) is 0 Å². The summed E-state index contributed by atoms with van der Waals surface area (Å²) in [4.78, 5) is 10.6. The molecule has 1 N–H and O–H groups in total. The van der Waals surface area contributed by atoms with E-state index < -0.39 is 24.8 Å². The first kappa shape index (κ1) is 14.0. The molecule has 0 radical (unpaired) electrons. The molecule has 0 aromatic rings. The Labute approximate surface area is 94.3 Å². The lowest BCUT2D eigenvalue weighted by Crippen LogP contribution is -2.24. The number of carbonyl (C=O) groups is 1. The van der Waals surface area contributed by atoms with Crippen molar-refractivity contribution in [3.63, 3.8) is 0 Å². The minimum Gasteiger partial charge on any atom is -0.394 e. The Kier molecular flexibility index (Phi) is 6.45. The summed E-state index contributed by atoms with van der Waals surface area (Å²) in [5.41, 5.74) is 0. The molecule has 1 atom stereocenters. The second-order valence-corrected chi connectivity index (χ2v) is 3.20. The largest absolute Gasteiger partial charge is 0.394 e. The van der Waals surface area contributed by atoms with Crippen LogP contribution in [0.2, 0.25) is 0 Å². The van der Waals surface area contributed by atoms with Crippen molar-refractivity contribution in [2.75, 3.05) is 6.61 Å². The van der Waals surface area contributed by atoms with Crippen LogP contribution in [0.1, 0.15) is 19.8 Å². The minimum absolute atomic E-state index is 0.0250. The Morgan fingerprint density at radius 3 is 2.64 bits per heavy atom. The van der Waals surface area contributed by atoms with Gasteiger partial charge in [0, 0.05) is 13.3 Å². The Hall–Kier alpha value is -0.0200. The van der Waals surface area contributed by atoms with Gasteiger partial charge in [-0.05, 0) is 6.42 Å². The molecule has 0 fully saturated rings. The molecule has 0 saturated carbocycles. The van der Waals surface area contributed by atoms with Gasteiger partial charge in [0.1, 0.15) is 0 Å². The molecular weight excluding hydrogens is 313 g/mol. The topological polar surface area (TPSA) is 55.8 Å². The molecule has 0 spiro atoms. The monoisotopic (exact) mass is 324 g/mol. The zero-order valence-corrected chi connectivity index (χ0v) is 9.66. The van der Waals surface area contributed by atoms with Gasteiger partial charge in [-0.3, -0.25) is 4.79 Å². The van der Waals surface area contributed by atoms with Crippen LogP contribution in [-0.4, -0.2) is 29.9 Å². The van der Waals surface area contributed by atoms with E-state index >= 15 is 0 Å². The van der Waals surface area contributed by atoms with E-state index in [0.717, 1.165) is 0 Å². The zero-order chi connectivity index (χ0) is 11.2. The van der Waals surface area contributed by atoms with Gasteiger partial charge < -0.3 is 12.9 Å². The average Bonchev–Trinajstić information content (AvgIpc) is 2.09. The van der Waals surface area contributed by atoms with Gasteiger partial charge in [0.05, 0.1) is 12.7 Å². The molecule has 0 aliphatic carbocycles. The first-order valence-electron chi connectivity index (χ1n) is 3.86. The highest BCUT2D eigenvalue weighted by molar-refractivity contribution is 14.1. The molecule has 0 aliphatic rings. The summed E-state index contributed by atoms with van der Waals surface area (Å²) < 4.78 is 32.5. The Bertz CT molecular complexity index is 183. The number of aliphatic hydroxyl groups excluding tert-OH is 1. The van der Waals surface area contributed by atoms with E-state index in [-0.39, 0.29) is 12.8 Å². The summed E-state index contributed by atoms with van der Waals surface area (Å²) in [5.74, 6) is -0.507. The zero-order valence-electron chi connectivity index (χ0n) is 7.50. The quantitative estimate of drug-likeness (QED) is 0.755. The molecule has 0 rings (SSSR count). The number of halogens is 3. The first-order valence-corrected chi connectivity index (χ1v) is 4.74. The molecule has 0 amide bonds. The maximum Gasteiger partial charge on any atom is 0.353 e. The maximum atomic E-state index is 12.1. The molecule has 1 unspecified atom stereocenters. The van der Waals surface area contributed by atoms with Crippen molar-refractivity contribution < 1.29 is 26.5 Å². The van der Waals surface area contributed by atoms with Crippen molar-refractivity contribution in [1.82, 2.24) is 0 Å². The summed E-state index contributed by atoms with van der Waals surface area (Å²) in [5, 5.41) is 9.09.